The third kappa shape index (κ3) is 3.84. The van der Waals surface area contributed by atoms with E-state index in [1.165, 1.54) is 24.0 Å². The number of hydrogen-bond donors (Lipinski definition) is 0. The molecule has 1 atom stereocenters. The van der Waals surface area contributed by atoms with E-state index in [1.807, 2.05) is 24.4 Å². The second-order valence-electron chi connectivity index (χ2n) is 10.2. The zero-order valence-corrected chi connectivity index (χ0v) is 20.0. The van der Waals surface area contributed by atoms with Gasteiger partial charge in [0.15, 0.2) is 0 Å². The monoisotopic (exact) mass is 464 g/mol. The summed E-state index contributed by atoms with van der Waals surface area (Å²) < 4.78 is 0. The van der Waals surface area contributed by atoms with Crippen LogP contribution in [0.4, 0.5) is 5.82 Å². The standard InChI is InChI=1S/C26H32N4O2S/c31-24(30-15-13-28(14-16-30)22-7-3-4-10-27-22)21-17-26(21)8-11-29(12-9-26)25(32)23-20-6-2-1-5-19(20)18-33-23/h3-4,7,10,18,21H,1-2,5-6,8-9,11-17H2. The molecule has 0 aromatic carbocycles. The van der Waals surface area contributed by atoms with Crippen LogP contribution in [0.3, 0.4) is 0 Å². The van der Waals surface area contributed by atoms with Crippen molar-refractivity contribution >= 4 is 29.0 Å². The van der Waals surface area contributed by atoms with E-state index in [0.29, 0.717) is 5.91 Å². The number of piperazine rings is 1. The molecular formula is C26H32N4O2S. The molecule has 174 valence electrons. The van der Waals surface area contributed by atoms with E-state index in [9.17, 15) is 9.59 Å². The van der Waals surface area contributed by atoms with E-state index in [2.05, 4.69) is 25.1 Å². The van der Waals surface area contributed by atoms with Gasteiger partial charge in [0, 0.05) is 51.4 Å². The van der Waals surface area contributed by atoms with Gasteiger partial charge in [0.2, 0.25) is 5.91 Å². The number of carbonyl (C=O) groups is 2. The summed E-state index contributed by atoms with van der Waals surface area (Å²) in [7, 11) is 0. The SMILES string of the molecule is O=C(c1scc2c1CCCC2)N1CCC2(CC1)CC2C(=O)N1CCN(c2ccccn2)CC1. The van der Waals surface area contributed by atoms with Gasteiger partial charge in [-0.15, -0.1) is 11.3 Å². The van der Waals surface area contributed by atoms with Gasteiger partial charge in [-0.2, -0.15) is 0 Å². The van der Waals surface area contributed by atoms with Gasteiger partial charge < -0.3 is 14.7 Å². The van der Waals surface area contributed by atoms with Crippen molar-refractivity contribution in [3.63, 3.8) is 0 Å². The zero-order valence-electron chi connectivity index (χ0n) is 19.2. The zero-order chi connectivity index (χ0) is 22.4. The number of piperidine rings is 1. The van der Waals surface area contributed by atoms with Gasteiger partial charge in [0.1, 0.15) is 5.82 Å². The first-order valence-electron chi connectivity index (χ1n) is 12.5. The molecule has 2 aromatic heterocycles. The average molecular weight is 465 g/mol. The summed E-state index contributed by atoms with van der Waals surface area (Å²) in [4.78, 5) is 38.3. The van der Waals surface area contributed by atoms with Gasteiger partial charge in [0.05, 0.1) is 4.88 Å². The number of anilines is 1. The van der Waals surface area contributed by atoms with Gasteiger partial charge >= 0.3 is 0 Å². The largest absolute Gasteiger partial charge is 0.353 e. The van der Waals surface area contributed by atoms with E-state index in [0.717, 1.165) is 82.1 Å². The lowest BCUT2D eigenvalue weighted by molar-refractivity contribution is -0.134. The van der Waals surface area contributed by atoms with E-state index < -0.39 is 0 Å². The molecule has 1 saturated carbocycles. The third-order valence-corrected chi connectivity index (χ3v) is 9.46. The van der Waals surface area contributed by atoms with Crippen molar-refractivity contribution in [1.29, 1.82) is 0 Å². The summed E-state index contributed by atoms with van der Waals surface area (Å²) in [5.74, 6) is 1.72. The lowest BCUT2D eigenvalue weighted by atomic mass is 9.89. The highest BCUT2D eigenvalue weighted by Crippen LogP contribution is 2.60. The van der Waals surface area contributed by atoms with Crippen LogP contribution in [0.1, 0.15) is 52.9 Å². The van der Waals surface area contributed by atoms with Crippen LogP contribution in [-0.2, 0) is 17.6 Å². The highest BCUT2D eigenvalue weighted by atomic mass is 32.1. The van der Waals surface area contributed by atoms with Crippen molar-refractivity contribution in [2.24, 2.45) is 11.3 Å². The molecule has 2 aromatic rings. The van der Waals surface area contributed by atoms with Crippen LogP contribution in [-0.4, -0.2) is 65.9 Å². The number of carbonyl (C=O) groups excluding carboxylic acids is 2. The smallest absolute Gasteiger partial charge is 0.264 e. The third-order valence-electron chi connectivity index (χ3n) is 8.40. The minimum Gasteiger partial charge on any atom is -0.353 e. The first-order valence-corrected chi connectivity index (χ1v) is 13.4. The van der Waals surface area contributed by atoms with E-state index in [1.54, 1.807) is 11.3 Å². The molecule has 1 unspecified atom stereocenters. The highest BCUT2D eigenvalue weighted by molar-refractivity contribution is 7.12. The van der Waals surface area contributed by atoms with Crippen molar-refractivity contribution in [1.82, 2.24) is 14.8 Å². The summed E-state index contributed by atoms with van der Waals surface area (Å²) in [6, 6.07) is 5.98. The molecule has 6 rings (SSSR count). The summed E-state index contributed by atoms with van der Waals surface area (Å²) in [6.45, 7) is 4.82. The maximum Gasteiger partial charge on any atom is 0.264 e. The number of nitrogens with zero attached hydrogens (tertiary/aromatic N) is 4. The predicted molar refractivity (Wildman–Crippen MR) is 130 cm³/mol. The van der Waals surface area contributed by atoms with Crippen molar-refractivity contribution in [2.75, 3.05) is 44.2 Å². The molecule has 2 amide bonds. The van der Waals surface area contributed by atoms with Gasteiger partial charge in [-0.1, -0.05) is 6.07 Å². The number of rotatable bonds is 3. The maximum absolute atomic E-state index is 13.3. The fraction of sp³-hybridized carbons (Fsp3) is 0.577. The molecule has 4 heterocycles. The van der Waals surface area contributed by atoms with Crippen LogP contribution >= 0.6 is 11.3 Å². The van der Waals surface area contributed by atoms with Crippen LogP contribution in [0.2, 0.25) is 0 Å². The Morgan fingerprint density at radius 1 is 0.970 bits per heavy atom. The van der Waals surface area contributed by atoms with Gasteiger partial charge in [-0.3, -0.25) is 9.59 Å². The summed E-state index contributed by atoms with van der Waals surface area (Å²) in [5, 5.41) is 2.20. The Morgan fingerprint density at radius 2 is 1.76 bits per heavy atom. The molecule has 0 radical (unpaired) electrons. The Bertz CT molecular complexity index is 1040. The molecule has 0 bridgehead atoms. The molecule has 1 spiro atoms. The number of pyridine rings is 1. The molecule has 0 N–H and O–H groups in total. The lowest BCUT2D eigenvalue weighted by Crippen LogP contribution is -2.50. The Morgan fingerprint density at radius 3 is 2.52 bits per heavy atom. The minimum absolute atomic E-state index is 0.140. The molecule has 33 heavy (non-hydrogen) atoms. The number of fused-ring (bicyclic) bond motifs is 1. The number of likely N-dealkylation sites (tertiary alicyclic amines) is 1. The van der Waals surface area contributed by atoms with Crippen LogP contribution in [0.5, 0.6) is 0 Å². The number of aromatic nitrogens is 1. The maximum atomic E-state index is 13.3. The topological polar surface area (TPSA) is 56.8 Å². The fourth-order valence-corrected chi connectivity index (χ4v) is 7.29. The van der Waals surface area contributed by atoms with Gasteiger partial charge in [0.25, 0.3) is 5.91 Å². The predicted octanol–water partition coefficient (Wildman–Crippen LogP) is 3.61. The van der Waals surface area contributed by atoms with Crippen LogP contribution < -0.4 is 4.90 Å². The fourth-order valence-electron chi connectivity index (χ4n) is 6.16. The van der Waals surface area contributed by atoms with Crippen molar-refractivity contribution in [2.45, 2.75) is 44.9 Å². The summed E-state index contributed by atoms with van der Waals surface area (Å²) >= 11 is 1.64. The second-order valence-corrected chi connectivity index (χ2v) is 11.1. The van der Waals surface area contributed by atoms with Crippen LogP contribution in [0, 0.1) is 11.3 Å². The number of hydrogen-bond acceptors (Lipinski definition) is 5. The van der Waals surface area contributed by atoms with E-state index in [4.69, 9.17) is 0 Å². The molecule has 7 heteroatoms. The van der Waals surface area contributed by atoms with Crippen LogP contribution in [0.25, 0.3) is 0 Å². The molecule has 2 aliphatic heterocycles. The molecule has 6 nitrogen and oxygen atoms in total. The van der Waals surface area contributed by atoms with Crippen LogP contribution in [0.15, 0.2) is 29.8 Å². The first kappa shape index (κ1) is 21.1. The van der Waals surface area contributed by atoms with E-state index in [-0.39, 0.29) is 17.2 Å². The lowest BCUT2D eigenvalue weighted by Gasteiger charge is -2.37. The van der Waals surface area contributed by atoms with Crippen molar-refractivity contribution in [3.05, 3.63) is 45.8 Å². The van der Waals surface area contributed by atoms with Gasteiger partial charge in [-0.25, -0.2) is 4.98 Å². The Labute approximate surface area is 199 Å². The van der Waals surface area contributed by atoms with Crippen molar-refractivity contribution < 1.29 is 9.59 Å². The number of aryl methyl sites for hydroxylation is 1. The number of amides is 2. The number of thiophene rings is 1. The summed E-state index contributed by atoms with van der Waals surface area (Å²) in [6.07, 6.45) is 9.40. The van der Waals surface area contributed by atoms with Crippen molar-refractivity contribution in [3.8, 4) is 0 Å². The molecule has 2 aliphatic carbocycles. The minimum atomic E-state index is 0.140. The van der Waals surface area contributed by atoms with Gasteiger partial charge in [-0.05, 0) is 79.0 Å². The Kier molecular flexibility index (Phi) is 5.40. The second kappa shape index (κ2) is 8.42. The average Bonchev–Trinajstić information content (AvgIpc) is 3.39. The Balaban J connectivity index is 1.03. The Hall–Kier alpha value is -2.41. The quantitative estimate of drug-likeness (QED) is 0.696. The first-order chi connectivity index (χ1) is 16.1. The normalized spacial score (nSPS) is 24.0. The molecular weight excluding hydrogens is 432 g/mol. The molecule has 2 saturated heterocycles. The molecule has 3 fully saturated rings. The molecule has 4 aliphatic rings. The van der Waals surface area contributed by atoms with E-state index >= 15 is 0 Å². The summed E-state index contributed by atoms with van der Waals surface area (Å²) in [5.41, 5.74) is 2.86. The highest BCUT2D eigenvalue weighted by Gasteiger charge is 2.59.